The summed E-state index contributed by atoms with van der Waals surface area (Å²) in [6.45, 7) is 2.92. The highest BCUT2D eigenvalue weighted by atomic mass is 35.5. The molecular formula is C16H17ClFN3O. The van der Waals surface area contributed by atoms with Crippen molar-refractivity contribution in [2.24, 2.45) is 0 Å². The number of nitrogens with one attached hydrogen (secondary N) is 1. The van der Waals surface area contributed by atoms with Crippen LogP contribution in [0.5, 0.6) is 0 Å². The summed E-state index contributed by atoms with van der Waals surface area (Å²) in [7, 11) is 0. The van der Waals surface area contributed by atoms with Gasteiger partial charge in [-0.25, -0.2) is 4.39 Å². The highest BCUT2D eigenvalue weighted by molar-refractivity contribution is 6.35. The fraction of sp³-hybridized carbons (Fsp3) is 0.375. The van der Waals surface area contributed by atoms with E-state index in [4.69, 9.17) is 11.6 Å². The van der Waals surface area contributed by atoms with E-state index in [1.165, 1.54) is 13.1 Å². The van der Waals surface area contributed by atoms with Crippen LogP contribution in [0.4, 0.5) is 10.1 Å². The number of carbonyl (C=O) groups excluding carboxylic acids is 1. The number of anilines is 1. The topological polar surface area (TPSA) is 45.2 Å². The average Bonchev–Trinajstić information content (AvgIpc) is 2.49. The smallest absolute Gasteiger partial charge is 0.217 e. The SMILES string of the molecule is CC(=O)NC1CCN(c2ccc3c(Cl)ccnc3c2F)CC1. The molecule has 4 nitrogen and oxygen atoms in total. The Kier molecular flexibility index (Phi) is 4.16. The maximum Gasteiger partial charge on any atom is 0.217 e. The van der Waals surface area contributed by atoms with Gasteiger partial charge in [0.25, 0.3) is 0 Å². The summed E-state index contributed by atoms with van der Waals surface area (Å²) in [6.07, 6.45) is 3.13. The van der Waals surface area contributed by atoms with E-state index < -0.39 is 0 Å². The van der Waals surface area contributed by atoms with Gasteiger partial charge in [-0.2, -0.15) is 0 Å². The molecule has 3 rings (SSSR count). The fourth-order valence-electron chi connectivity index (χ4n) is 2.94. The van der Waals surface area contributed by atoms with Crippen molar-refractivity contribution < 1.29 is 9.18 Å². The maximum atomic E-state index is 14.7. The van der Waals surface area contributed by atoms with E-state index in [9.17, 15) is 9.18 Å². The van der Waals surface area contributed by atoms with Gasteiger partial charge in [0.2, 0.25) is 5.91 Å². The molecule has 1 saturated heterocycles. The second-order valence-corrected chi connectivity index (χ2v) is 5.96. The molecular weight excluding hydrogens is 305 g/mol. The van der Waals surface area contributed by atoms with Gasteiger partial charge in [0, 0.05) is 37.6 Å². The minimum atomic E-state index is -0.335. The van der Waals surface area contributed by atoms with Gasteiger partial charge in [-0.15, -0.1) is 0 Å². The van der Waals surface area contributed by atoms with Crippen LogP contribution in [-0.4, -0.2) is 30.0 Å². The Bertz CT molecular complexity index is 714. The van der Waals surface area contributed by atoms with Gasteiger partial charge in [-0.3, -0.25) is 9.78 Å². The molecule has 1 amide bonds. The van der Waals surface area contributed by atoms with Crippen molar-refractivity contribution in [2.45, 2.75) is 25.8 Å². The van der Waals surface area contributed by atoms with Crippen molar-refractivity contribution in [2.75, 3.05) is 18.0 Å². The molecule has 0 spiro atoms. The molecule has 6 heteroatoms. The van der Waals surface area contributed by atoms with Crippen LogP contribution in [0.1, 0.15) is 19.8 Å². The lowest BCUT2D eigenvalue weighted by Gasteiger charge is -2.34. The van der Waals surface area contributed by atoms with E-state index >= 15 is 0 Å². The quantitative estimate of drug-likeness (QED) is 0.924. The number of aromatic nitrogens is 1. The monoisotopic (exact) mass is 321 g/mol. The number of fused-ring (bicyclic) bond motifs is 1. The molecule has 1 aliphatic heterocycles. The minimum Gasteiger partial charge on any atom is -0.369 e. The first-order chi connectivity index (χ1) is 10.6. The fourth-order valence-corrected chi connectivity index (χ4v) is 3.15. The molecule has 0 aliphatic carbocycles. The zero-order valence-electron chi connectivity index (χ0n) is 12.3. The second kappa shape index (κ2) is 6.08. The standard InChI is InChI=1S/C16H17ClFN3O/c1-10(22)20-11-5-8-21(9-6-11)14-3-2-12-13(17)4-7-19-16(12)15(14)18/h2-4,7,11H,5-6,8-9H2,1H3,(H,20,22). The molecule has 1 aromatic heterocycles. The number of hydrogen-bond acceptors (Lipinski definition) is 3. The summed E-state index contributed by atoms with van der Waals surface area (Å²) in [5.74, 6) is -0.354. The van der Waals surface area contributed by atoms with Crippen molar-refractivity contribution in [3.05, 3.63) is 35.2 Å². The van der Waals surface area contributed by atoms with E-state index in [-0.39, 0.29) is 17.8 Å². The number of carbonyl (C=O) groups is 1. The molecule has 0 unspecified atom stereocenters. The zero-order valence-corrected chi connectivity index (χ0v) is 13.0. The molecule has 2 aromatic rings. The van der Waals surface area contributed by atoms with Crippen LogP contribution in [0.15, 0.2) is 24.4 Å². The van der Waals surface area contributed by atoms with Crippen molar-refractivity contribution in [3.63, 3.8) is 0 Å². The van der Waals surface area contributed by atoms with Crippen LogP contribution in [0.25, 0.3) is 10.9 Å². The highest BCUT2D eigenvalue weighted by Gasteiger charge is 2.23. The van der Waals surface area contributed by atoms with Crippen LogP contribution in [0.3, 0.4) is 0 Å². The lowest BCUT2D eigenvalue weighted by Crippen LogP contribution is -2.44. The van der Waals surface area contributed by atoms with Gasteiger partial charge in [0.05, 0.1) is 10.7 Å². The third kappa shape index (κ3) is 2.86. The van der Waals surface area contributed by atoms with Gasteiger partial charge in [-0.05, 0) is 31.0 Å². The first-order valence-corrected chi connectivity index (χ1v) is 7.69. The van der Waals surface area contributed by atoms with Gasteiger partial charge in [0.15, 0.2) is 5.82 Å². The summed E-state index contributed by atoms with van der Waals surface area (Å²) >= 11 is 6.07. The predicted molar refractivity (Wildman–Crippen MR) is 85.8 cm³/mol. The Morgan fingerprint density at radius 1 is 1.36 bits per heavy atom. The molecule has 0 radical (unpaired) electrons. The molecule has 1 aliphatic rings. The van der Waals surface area contributed by atoms with Crippen LogP contribution in [0.2, 0.25) is 5.02 Å². The minimum absolute atomic E-state index is 0.0193. The molecule has 1 fully saturated rings. The Labute approximate surface area is 133 Å². The van der Waals surface area contributed by atoms with E-state index in [2.05, 4.69) is 10.3 Å². The largest absolute Gasteiger partial charge is 0.369 e. The molecule has 1 aromatic carbocycles. The number of hydrogen-bond donors (Lipinski definition) is 1. The van der Waals surface area contributed by atoms with Gasteiger partial charge in [-0.1, -0.05) is 11.6 Å². The van der Waals surface area contributed by atoms with E-state index in [0.29, 0.717) is 34.7 Å². The lowest BCUT2D eigenvalue weighted by molar-refractivity contribution is -0.119. The van der Waals surface area contributed by atoms with Crippen molar-refractivity contribution >= 4 is 34.1 Å². The molecule has 0 saturated carbocycles. The summed E-state index contributed by atoms with van der Waals surface area (Å²) in [5.41, 5.74) is 0.845. The highest BCUT2D eigenvalue weighted by Crippen LogP contribution is 2.31. The summed E-state index contributed by atoms with van der Waals surface area (Å²) in [4.78, 5) is 17.2. The summed E-state index contributed by atoms with van der Waals surface area (Å²) < 4.78 is 14.7. The van der Waals surface area contributed by atoms with Gasteiger partial charge in [0.1, 0.15) is 5.52 Å². The molecule has 22 heavy (non-hydrogen) atoms. The Morgan fingerprint density at radius 3 is 2.77 bits per heavy atom. The van der Waals surface area contributed by atoms with Crippen molar-refractivity contribution in [1.29, 1.82) is 0 Å². The number of nitrogens with zero attached hydrogens (tertiary/aromatic N) is 2. The number of benzene rings is 1. The normalized spacial score (nSPS) is 16.0. The van der Waals surface area contributed by atoms with Gasteiger partial charge < -0.3 is 10.2 Å². The van der Waals surface area contributed by atoms with Crippen LogP contribution in [0, 0.1) is 5.82 Å². The summed E-state index contributed by atoms with van der Waals surface area (Å²) in [6, 6.07) is 5.39. The number of rotatable bonds is 2. The third-order valence-corrected chi connectivity index (χ3v) is 4.35. The number of piperidine rings is 1. The number of halogens is 2. The van der Waals surface area contributed by atoms with Crippen molar-refractivity contribution in [3.8, 4) is 0 Å². The molecule has 2 heterocycles. The maximum absolute atomic E-state index is 14.7. The number of pyridine rings is 1. The van der Waals surface area contributed by atoms with E-state index in [1.807, 2.05) is 11.0 Å². The zero-order chi connectivity index (χ0) is 15.7. The Morgan fingerprint density at radius 2 is 2.09 bits per heavy atom. The average molecular weight is 322 g/mol. The molecule has 0 atom stereocenters. The molecule has 0 bridgehead atoms. The van der Waals surface area contributed by atoms with Crippen LogP contribution < -0.4 is 10.2 Å². The third-order valence-electron chi connectivity index (χ3n) is 4.02. The second-order valence-electron chi connectivity index (χ2n) is 5.55. The lowest BCUT2D eigenvalue weighted by atomic mass is 10.0. The first kappa shape index (κ1) is 15.0. The Hall–Kier alpha value is -1.88. The Balaban J connectivity index is 1.83. The number of amides is 1. The van der Waals surface area contributed by atoms with Crippen LogP contribution in [-0.2, 0) is 4.79 Å². The van der Waals surface area contributed by atoms with Crippen LogP contribution >= 0.6 is 11.6 Å². The van der Waals surface area contributed by atoms with E-state index in [0.717, 1.165) is 12.8 Å². The van der Waals surface area contributed by atoms with Gasteiger partial charge >= 0.3 is 0 Å². The molecule has 1 N–H and O–H groups in total. The summed E-state index contributed by atoms with van der Waals surface area (Å²) in [5, 5.41) is 4.04. The first-order valence-electron chi connectivity index (χ1n) is 7.31. The molecule has 116 valence electrons. The predicted octanol–water partition coefficient (Wildman–Crippen LogP) is 3.13. The van der Waals surface area contributed by atoms with Crippen molar-refractivity contribution in [1.82, 2.24) is 10.3 Å². The van der Waals surface area contributed by atoms with E-state index in [1.54, 1.807) is 12.1 Å².